The normalized spacial score (nSPS) is 13.3. The number of anilines is 1. The number of hydrazine groups is 1. The first kappa shape index (κ1) is 28.2. The zero-order chi connectivity index (χ0) is 26.6. The van der Waals surface area contributed by atoms with Gasteiger partial charge in [-0.1, -0.05) is 38.4 Å². The summed E-state index contributed by atoms with van der Waals surface area (Å²) < 4.78 is 6.22. The van der Waals surface area contributed by atoms with Crippen LogP contribution in [-0.2, 0) is 4.79 Å². The number of hydrogen-bond acceptors (Lipinski definition) is 5. The van der Waals surface area contributed by atoms with Crippen LogP contribution in [0.1, 0.15) is 43.6 Å². The van der Waals surface area contributed by atoms with Crippen LogP contribution in [0.3, 0.4) is 0 Å². The van der Waals surface area contributed by atoms with Crippen LogP contribution < -0.4 is 20.6 Å². The molecule has 0 aromatic heterocycles. The van der Waals surface area contributed by atoms with Gasteiger partial charge in [-0.2, -0.15) is 0 Å². The van der Waals surface area contributed by atoms with E-state index in [4.69, 9.17) is 22.6 Å². The topological polar surface area (TPSA) is 104 Å². The first-order valence-electron chi connectivity index (χ1n) is 11.2. The summed E-state index contributed by atoms with van der Waals surface area (Å²) in [4.78, 5) is 28.6. The van der Waals surface area contributed by atoms with Crippen molar-refractivity contribution < 1.29 is 19.1 Å². The maximum atomic E-state index is 12.7. The number of carbonyl (C=O) groups is 2. The largest absolute Gasteiger partial charge is 0.544 e. The van der Waals surface area contributed by atoms with Crippen LogP contribution in [0.15, 0.2) is 36.4 Å². The third kappa shape index (κ3) is 6.98. The molecule has 4 N–H and O–H groups in total. The Kier molecular flexibility index (Phi) is 8.95. The summed E-state index contributed by atoms with van der Waals surface area (Å²) in [5.74, 6) is -0.466. The Hall–Kier alpha value is -3.06. The highest BCUT2D eigenvalue weighted by molar-refractivity contribution is 6.74. The molecule has 0 aliphatic rings. The smallest absolute Gasteiger partial charge is 0.269 e. The molecule has 8 nitrogen and oxygen atoms in total. The molecule has 188 valence electrons. The van der Waals surface area contributed by atoms with E-state index in [1.165, 1.54) is 13.0 Å². The van der Waals surface area contributed by atoms with E-state index in [0.29, 0.717) is 28.3 Å². The minimum atomic E-state index is -2.00. The van der Waals surface area contributed by atoms with Crippen molar-refractivity contribution in [2.45, 2.75) is 64.9 Å². The fourth-order valence-electron chi connectivity index (χ4n) is 2.88. The second-order valence-electron chi connectivity index (χ2n) is 9.88. The molecular formula is C25H33ClN4O4Si. The van der Waals surface area contributed by atoms with E-state index in [-0.39, 0.29) is 10.1 Å². The summed E-state index contributed by atoms with van der Waals surface area (Å²) in [6, 6.07) is 8.78. The van der Waals surface area contributed by atoms with E-state index in [0.717, 1.165) is 0 Å². The third-order valence-electron chi connectivity index (χ3n) is 6.16. The van der Waals surface area contributed by atoms with Crippen LogP contribution in [0.25, 0.3) is 4.85 Å². The molecule has 0 aliphatic heterocycles. The number of nitrogens with zero attached hydrogens (tertiary/aromatic N) is 1. The Morgan fingerprint density at radius 3 is 2.23 bits per heavy atom. The summed E-state index contributed by atoms with van der Waals surface area (Å²) in [5.41, 5.74) is 6.41. The van der Waals surface area contributed by atoms with Crippen molar-refractivity contribution in [3.63, 3.8) is 0 Å². The lowest BCUT2D eigenvalue weighted by Crippen LogP contribution is -2.52. The molecule has 2 atom stereocenters. The molecule has 0 spiro atoms. The van der Waals surface area contributed by atoms with Gasteiger partial charge in [-0.25, -0.2) is 4.85 Å². The van der Waals surface area contributed by atoms with Gasteiger partial charge in [-0.15, -0.1) is 0 Å². The van der Waals surface area contributed by atoms with Crippen LogP contribution in [0.5, 0.6) is 5.75 Å². The van der Waals surface area contributed by atoms with Gasteiger partial charge in [-0.3, -0.25) is 20.4 Å². The molecule has 0 bridgehead atoms. The van der Waals surface area contributed by atoms with Gasteiger partial charge < -0.3 is 14.8 Å². The van der Waals surface area contributed by atoms with Gasteiger partial charge in [0.05, 0.1) is 17.7 Å². The van der Waals surface area contributed by atoms with Crippen molar-refractivity contribution in [2.24, 2.45) is 0 Å². The Morgan fingerprint density at radius 1 is 1.11 bits per heavy atom. The molecule has 2 aromatic rings. The first-order valence-corrected chi connectivity index (χ1v) is 14.5. The zero-order valence-corrected chi connectivity index (χ0v) is 22.9. The lowest BCUT2D eigenvalue weighted by Gasteiger charge is -2.36. The molecule has 0 unspecified atom stereocenters. The Morgan fingerprint density at radius 2 is 1.71 bits per heavy atom. The van der Waals surface area contributed by atoms with Crippen molar-refractivity contribution >= 4 is 43.1 Å². The van der Waals surface area contributed by atoms with E-state index < -0.39 is 32.3 Å². The van der Waals surface area contributed by atoms with Crippen LogP contribution in [0.2, 0.25) is 23.2 Å². The number of amides is 2. The molecule has 0 fully saturated rings. The van der Waals surface area contributed by atoms with Gasteiger partial charge in [0.2, 0.25) is 14.0 Å². The highest BCUT2D eigenvalue weighted by Crippen LogP contribution is 2.37. The predicted molar refractivity (Wildman–Crippen MR) is 141 cm³/mol. The zero-order valence-electron chi connectivity index (χ0n) is 21.1. The van der Waals surface area contributed by atoms with Gasteiger partial charge in [0, 0.05) is 11.3 Å². The van der Waals surface area contributed by atoms with Gasteiger partial charge in [0.25, 0.3) is 11.8 Å². The molecule has 0 aliphatic carbocycles. The minimum absolute atomic E-state index is 0.0462. The third-order valence-corrected chi connectivity index (χ3v) is 11.0. The monoisotopic (exact) mass is 516 g/mol. The van der Waals surface area contributed by atoms with Gasteiger partial charge in [-0.05, 0) is 67.9 Å². The van der Waals surface area contributed by atoms with E-state index in [1.54, 1.807) is 37.3 Å². The van der Waals surface area contributed by atoms with Crippen molar-refractivity contribution in [2.75, 3.05) is 5.32 Å². The average Bonchev–Trinajstić information content (AvgIpc) is 2.77. The second kappa shape index (κ2) is 11.1. The quantitative estimate of drug-likeness (QED) is 0.230. The number of hydrogen-bond donors (Lipinski definition) is 4. The van der Waals surface area contributed by atoms with Crippen molar-refractivity contribution in [1.29, 1.82) is 0 Å². The van der Waals surface area contributed by atoms with Gasteiger partial charge in [0.15, 0.2) is 0 Å². The van der Waals surface area contributed by atoms with Crippen LogP contribution >= 0.6 is 11.6 Å². The molecule has 0 saturated heterocycles. The molecule has 35 heavy (non-hydrogen) atoms. The fourth-order valence-corrected chi connectivity index (χ4v) is 4.12. The van der Waals surface area contributed by atoms with E-state index >= 15 is 0 Å². The van der Waals surface area contributed by atoms with Crippen molar-refractivity contribution in [3.05, 3.63) is 64.0 Å². The number of benzene rings is 2. The number of carbonyl (C=O) groups excluding carboxylic acids is 2. The number of rotatable bonds is 7. The molecule has 2 aromatic carbocycles. The second-order valence-corrected chi connectivity index (χ2v) is 15.0. The molecule has 0 radical (unpaired) electrons. The molecule has 2 rings (SSSR count). The van der Waals surface area contributed by atoms with Crippen LogP contribution in [0.4, 0.5) is 11.4 Å². The average molecular weight is 517 g/mol. The lowest BCUT2D eigenvalue weighted by atomic mass is 10.1. The molecule has 0 heterocycles. The van der Waals surface area contributed by atoms with Gasteiger partial charge >= 0.3 is 0 Å². The Balaban J connectivity index is 2.04. The van der Waals surface area contributed by atoms with E-state index in [9.17, 15) is 14.7 Å². The van der Waals surface area contributed by atoms with Crippen LogP contribution in [0, 0.1) is 13.5 Å². The summed E-state index contributed by atoms with van der Waals surface area (Å²) >= 11 is 6.20. The number of halogens is 1. The summed E-state index contributed by atoms with van der Waals surface area (Å²) in [5, 5.41) is 13.4. The van der Waals surface area contributed by atoms with Crippen molar-refractivity contribution in [3.8, 4) is 5.75 Å². The standard InChI is InChI=1S/C25H33ClN4O4Si/c1-15-19(13-14-20(27-6)21(15)26)28-22(16(2)31)24(33)30-29-23(32)17-9-11-18(12-10-17)34-35(7,8)25(3,4)5/h9-14,16,22,28,31H,1-5,7-8H3,(H,29,32)(H,30,33)/t16-,22+/m0/s1. The van der Waals surface area contributed by atoms with E-state index in [2.05, 4.69) is 54.9 Å². The Labute approximate surface area is 212 Å². The highest BCUT2D eigenvalue weighted by Gasteiger charge is 2.39. The number of aliphatic hydroxyl groups excluding tert-OH is 1. The Bertz CT molecular complexity index is 1120. The number of nitrogens with one attached hydrogen (secondary N) is 3. The highest BCUT2D eigenvalue weighted by atomic mass is 35.5. The van der Waals surface area contributed by atoms with Crippen molar-refractivity contribution in [1.82, 2.24) is 10.9 Å². The number of aliphatic hydroxyl groups is 1. The molecular weight excluding hydrogens is 484 g/mol. The summed E-state index contributed by atoms with van der Waals surface area (Å²) in [7, 11) is -2.00. The van der Waals surface area contributed by atoms with Crippen LogP contribution in [-0.4, -0.2) is 37.4 Å². The molecule has 0 saturated carbocycles. The first-order chi connectivity index (χ1) is 16.2. The lowest BCUT2D eigenvalue weighted by molar-refractivity contribution is -0.124. The SMILES string of the molecule is [C-]#[N+]c1ccc(N[C@@H](C(=O)NNC(=O)c2ccc(O[Si](C)(C)C(C)(C)C)cc2)[C@H](C)O)c(C)c1Cl. The van der Waals surface area contributed by atoms with E-state index in [1.807, 2.05) is 0 Å². The summed E-state index contributed by atoms with van der Waals surface area (Å²) in [6.07, 6.45) is -1.09. The predicted octanol–water partition coefficient (Wildman–Crippen LogP) is 5.21. The minimum Gasteiger partial charge on any atom is -0.544 e. The maximum absolute atomic E-state index is 12.7. The fraction of sp³-hybridized carbons (Fsp3) is 0.400. The molecule has 2 amide bonds. The maximum Gasteiger partial charge on any atom is 0.269 e. The molecule has 10 heteroatoms. The summed E-state index contributed by atoms with van der Waals surface area (Å²) in [6.45, 7) is 21.0. The van der Waals surface area contributed by atoms with Gasteiger partial charge in [0.1, 0.15) is 11.8 Å².